The van der Waals surface area contributed by atoms with Crippen molar-refractivity contribution in [2.24, 2.45) is 0 Å². The maximum absolute atomic E-state index is 12.2. The summed E-state index contributed by atoms with van der Waals surface area (Å²) in [6.45, 7) is 2.09. The van der Waals surface area contributed by atoms with Crippen LogP contribution in [0.25, 0.3) is 0 Å². The van der Waals surface area contributed by atoms with E-state index in [1.807, 2.05) is 12.1 Å². The number of benzene rings is 1. The minimum atomic E-state index is -0.0143. The monoisotopic (exact) mass is 234 g/mol. The summed E-state index contributed by atoms with van der Waals surface area (Å²) in [4.78, 5) is 13.8. The lowest BCUT2D eigenvalue weighted by Gasteiger charge is -2.22. The van der Waals surface area contributed by atoms with Gasteiger partial charge in [0.25, 0.3) is 5.91 Å². The second-order valence-electron chi connectivity index (χ2n) is 4.32. The Morgan fingerprint density at radius 2 is 2.35 bits per heavy atom. The van der Waals surface area contributed by atoms with Gasteiger partial charge in [-0.25, -0.2) is 0 Å². The average molecular weight is 234 g/mol. The second kappa shape index (κ2) is 5.29. The van der Waals surface area contributed by atoms with Crippen LogP contribution in [0.2, 0.25) is 0 Å². The third-order valence-electron chi connectivity index (χ3n) is 3.16. The van der Waals surface area contributed by atoms with Gasteiger partial charge in [-0.2, -0.15) is 0 Å². The van der Waals surface area contributed by atoms with Crippen LogP contribution >= 0.6 is 0 Å². The van der Waals surface area contributed by atoms with Crippen molar-refractivity contribution >= 4 is 5.91 Å². The molecule has 4 heteroatoms. The largest absolute Gasteiger partial charge is 0.395 e. The molecule has 0 saturated carbocycles. The lowest BCUT2D eigenvalue weighted by Crippen LogP contribution is -2.32. The number of nitrogens with zero attached hydrogens (tertiary/aromatic N) is 1. The first-order valence-electron chi connectivity index (χ1n) is 5.92. The second-order valence-corrected chi connectivity index (χ2v) is 4.32. The summed E-state index contributed by atoms with van der Waals surface area (Å²) in [6, 6.07) is 5.88. The fourth-order valence-electron chi connectivity index (χ4n) is 2.17. The fraction of sp³-hybridized carbons (Fsp3) is 0.462. The van der Waals surface area contributed by atoms with E-state index in [4.69, 9.17) is 5.11 Å². The number of hydrogen-bond acceptors (Lipinski definition) is 3. The van der Waals surface area contributed by atoms with Crippen LogP contribution in [0.3, 0.4) is 0 Å². The van der Waals surface area contributed by atoms with Crippen molar-refractivity contribution in [3.63, 3.8) is 0 Å². The summed E-state index contributed by atoms with van der Waals surface area (Å²) in [5, 5.41) is 12.2. The van der Waals surface area contributed by atoms with E-state index in [9.17, 15) is 4.79 Å². The maximum atomic E-state index is 12.2. The third-order valence-corrected chi connectivity index (χ3v) is 3.16. The zero-order valence-electron chi connectivity index (χ0n) is 10.1. The molecule has 1 aromatic rings. The molecule has 0 spiro atoms. The number of amides is 1. The Kier molecular flexibility index (Phi) is 3.76. The lowest BCUT2D eigenvalue weighted by molar-refractivity contribution is 0.0765. The van der Waals surface area contributed by atoms with Crippen LogP contribution in [0, 0.1) is 0 Å². The Bertz CT molecular complexity index is 418. The van der Waals surface area contributed by atoms with Gasteiger partial charge in [-0.15, -0.1) is 0 Å². The van der Waals surface area contributed by atoms with Gasteiger partial charge in [0, 0.05) is 25.7 Å². The zero-order valence-corrected chi connectivity index (χ0v) is 10.1. The molecule has 4 nitrogen and oxygen atoms in total. The van der Waals surface area contributed by atoms with E-state index in [0.717, 1.165) is 30.6 Å². The number of carbonyl (C=O) groups excluding carboxylic acids is 1. The molecule has 0 radical (unpaired) electrons. The fourth-order valence-corrected chi connectivity index (χ4v) is 2.17. The molecule has 0 atom stereocenters. The lowest BCUT2D eigenvalue weighted by atomic mass is 9.95. The first kappa shape index (κ1) is 12.1. The molecule has 2 rings (SSSR count). The predicted octanol–water partition coefficient (Wildman–Crippen LogP) is 0.397. The summed E-state index contributed by atoms with van der Waals surface area (Å²) >= 11 is 0. The van der Waals surface area contributed by atoms with Crippen LogP contribution in [0.4, 0.5) is 0 Å². The Morgan fingerprint density at radius 3 is 3.12 bits per heavy atom. The van der Waals surface area contributed by atoms with E-state index in [2.05, 4.69) is 11.4 Å². The molecule has 0 aliphatic carbocycles. The van der Waals surface area contributed by atoms with Gasteiger partial charge in [0.15, 0.2) is 0 Å². The molecular formula is C13H18N2O2. The van der Waals surface area contributed by atoms with Crippen LogP contribution < -0.4 is 5.32 Å². The number of aliphatic hydroxyl groups excluding tert-OH is 1. The molecular weight excluding hydrogens is 216 g/mol. The van der Waals surface area contributed by atoms with Crippen molar-refractivity contribution in [2.45, 2.75) is 13.0 Å². The molecule has 0 bridgehead atoms. The highest BCUT2D eigenvalue weighted by molar-refractivity contribution is 5.96. The molecule has 0 saturated heterocycles. The molecule has 1 heterocycles. The molecule has 0 aromatic heterocycles. The summed E-state index contributed by atoms with van der Waals surface area (Å²) in [7, 11) is 1.72. The number of rotatable bonds is 3. The third kappa shape index (κ3) is 2.48. The SMILES string of the molecule is CN(CCO)C(=O)c1cccc2c1CNCC2. The zero-order chi connectivity index (χ0) is 12.3. The topological polar surface area (TPSA) is 52.6 Å². The van der Waals surface area contributed by atoms with Crippen LogP contribution in [0.5, 0.6) is 0 Å². The Labute approximate surface area is 101 Å². The summed E-state index contributed by atoms with van der Waals surface area (Å²) in [6.07, 6.45) is 0.972. The van der Waals surface area contributed by atoms with E-state index in [1.54, 1.807) is 11.9 Å². The Morgan fingerprint density at radius 1 is 1.53 bits per heavy atom. The molecule has 17 heavy (non-hydrogen) atoms. The highest BCUT2D eigenvalue weighted by Crippen LogP contribution is 2.19. The van der Waals surface area contributed by atoms with Gasteiger partial charge in [-0.1, -0.05) is 12.1 Å². The van der Waals surface area contributed by atoms with Crippen LogP contribution in [-0.2, 0) is 13.0 Å². The molecule has 2 N–H and O–H groups in total. The number of aliphatic hydroxyl groups is 1. The highest BCUT2D eigenvalue weighted by atomic mass is 16.3. The van der Waals surface area contributed by atoms with Crippen LogP contribution in [0.1, 0.15) is 21.5 Å². The van der Waals surface area contributed by atoms with Gasteiger partial charge < -0.3 is 15.3 Å². The first-order valence-corrected chi connectivity index (χ1v) is 5.92. The van der Waals surface area contributed by atoms with Crippen LogP contribution in [0.15, 0.2) is 18.2 Å². The number of hydrogen-bond donors (Lipinski definition) is 2. The van der Waals surface area contributed by atoms with Crippen molar-refractivity contribution < 1.29 is 9.90 Å². The molecule has 1 aliphatic heterocycles. The van der Waals surface area contributed by atoms with E-state index >= 15 is 0 Å². The Hall–Kier alpha value is -1.39. The predicted molar refractivity (Wildman–Crippen MR) is 65.9 cm³/mol. The number of nitrogens with one attached hydrogen (secondary N) is 1. The van der Waals surface area contributed by atoms with Crippen molar-refractivity contribution in [1.82, 2.24) is 10.2 Å². The van der Waals surface area contributed by atoms with Gasteiger partial charge in [-0.3, -0.25) is 4.79 Å². The van der Waals surface area contributed by atoms with Gasteiger partial charge in [-0.05, 0) is 30.2 Å². The van der Waals surface area contributed by atoms with Crippen LogP contribution in [-0.4, -0.2) is 42.7 Å². The van der Waals surface area contributed by atoms with Gasteiger partial charge >= 0.3 is 0 Å². The summed E-state index contributed by atoms with van der Waals surface area (Å²) < 4.78 is 0. The molecule has 1 aliphatic rings. The van der Waals surface area contributed by atoms with E-state index in [0.29, 0.717) is 6.54 Å². The number of carbonyl (C=O) groups is 1. The standard InChI is InChI=1S/C13H18N2O2/c1-15(7-8-16)13(17)11-4-2-3-10-5-6-14-9-12(10)11/h2-4,14,16H,5-9H2,1H3. The summed E-state index contributed by atoms with van der Waals surface area (Å²) in [5.41, 5.74) is 3.12. The first-order chi connectivity index (χ1) is 8.24. The van der Waals surface area contributed by atoms with Crippen molar-refractivity contribution in [3.05, 3.63) is 34.9 Å². The average Bonchev–Trinajstić information content (AvgIpc) is 2.37. The van der Waals surface area contributed by atoms with E-state index < -0.39 is 0 Å². The normalized spacial score (nSPS) is 14.2. The minimum absolute atomic E-state index is 0.00445. The van der Waals surface area contributed by atoms with E-state index in [-0.39, 0.29) is 12.5 Å². The molecule has 92 valence electrons. The number of likely N-dealkylation sites (N-methyl/N-ethyl adjacent to an activating group) is 1. The molecule has 1 aromatic carbocycles. The molecule has 1 amide bonds. The maximum Gasteiger partial charge on any atom is 0.254 e. The molecule has 0 fully saturated rings. The van der Waals surface area contributed by atoms with Crippen molar-refractivity contribution in [3.8, 4) is 0 Å². The van der Waals surface area contributed by atoms with Crippen molar-refractivity contribution in [2.75, 3.05) is 26.7 Å². The van der Waals surface area contributed by atoms with E-state index in [1.165, 1.54) is 5.56 Å². The van der Waals surface area contributed by atoms with Crippen molar-refractivity contribution in [1.29, 1.82) is 0 Å². The highest BCUT2D eigenvalue weighted by Gasteiger charge is 2.19. The summed E-state index contributed by atoms with van der Waals surface area (Å²) in [5.74, 6) is -0.0143. The number of fused-ring (bicyclic) bond motifs is 1. The smallest absolute Gasteiger partial charge is 0.254 e. The van der Waals surface area contributed by atoms with Gasteiger partial charge in [0.1, 0.15) is 0 Å². The van der Waals surface area contributed by atoms with Gasteiger partial charge in [0.05, 0.1) is 6.61 Å². The van der Waals surface area contributed by atoms with Gasteiger partial charge in [0.2, 0.25) is 0 Å². The minimum Gasteiger partial charge on any atom is -0.395 e. The molecule has 0 unspecified atom stereocenters. The Balaban J connectivity index is 2.29. The quantitative estimate of drug-likeness (QED) is 0.796.